The van der Waals surface area contributed by atoms with Crippen LogP contribution in [0.3, 0.4) is 0 Å². The first-order valence-electron chi connectivity index (χ1n) is 10.5. The van der Waals surface area contributed by atoms with Gasteiger partial charge in [-0.1, -0.05) is 23.7 Å². The highest BCUT2D eigenvalue weighted by atomic mass is 35.5. The van der Waals surface area contributed by atoms with Gasteiger partial charge in [0.05, 0.1) is 28.3 Å². The predicted octanol–water partition coefficient (Wildman–Crippen LogP) is 5.01. The summed E-state index contributed by atoms with van der Waals surface area (Å²) >= 11 is 6.59. The van der Waals surface area contributed by atoms with Crippen molar-refractivity contribution in [3.05, 3.63) is 76.6 Å². The van der Waals surface area contributed by atoms with E-state index >= 15 is 0 Å². The molecule has 0 aliphatic carbocycles. The van der Waals surface area contributed by atoms with Gasteiger partial charge in [0.2, 0.25) is 5.12 Å². The van der Waals surface area contributed by atoms with E-state index < -0.39 is 40.2 Å². The van der Waals surface area contributed by atoms with Crippen LogP contribution in [-0.2, 0) is 18.3 Å². The number of pyridine rings is 2. The normalized spacial score (nSPS) is 18.3. The maximum Gasteiger partial charge on any atom is 0.431 e. The van der Waals surface area contributed by atoms with Gasteiger partial charge in [0, 0.05) is 24.2 Å². The lowest BCUT2D eigenvalue weighted by atomic mass is 10.0. The van der Waals surface area contributed by atoms with Gasteiger partial charge in [-0.15, -0.1) is 0 Å². The van der Waals surface area contributed by atoms with Crippen molar-refractivity contribution in [3.8, 4) is 11.1 Å². The molecule has 4 aromatic rings. The summed E-state index contributed by atoms with van der Waals surface area (Å²) in [4.78, 5) is 21.2. The molecule has 1 aromatic carbocycles. The zero-order chi connectivity index (χ0) is 26.9. The summed E-state index contributed by atoms with van der Waals surface area (Å²) in [6, 6.07) is 5.30. The van der Waals surface area contributed by atoms with Crippen LogP contribution in [0, 0.1) is 0 Å². The lowest BCUT2D eigenvalue weighted by Crippen LogP contribution is -2.49. The van der Waals surface area contributed by atoms with E-state index in [4.69, 9.17) is 17.3 Å². The highest BCUT2D eigenvalue weighted by Gasteiger charge is 2.42. The van der Waals surface area contributed by atoms with Crippen LogP contribution in [0.2, 0.25) is 0 Å². The Hall–Kier alpha value is -4.00. The summed E-state index contributed by atoms with van der Waals surface area (Å²) in [5.41, 5.74) is 3.38. The molecule has 14 heteroatoms. The Morgan fingerprint density at radius 2 is 1.76 bits per heavy atom. The van der Waals surface area contributed by atoms with E-state index in [2.05, 4.69) is 15.3 Å². The Kier molecular flexibility index (Phi) is 5.34. The fraction of sp³-hybridized carbons (Fsp3) is 0.174. The van der Waals surface area contributed by atoms with Gasteiger partial charge in [-0.3, -0.25) is 14.1 Å². The van der Waals surface area contributed by atoms with E-state index in [9.17, 15) is 31.1 Å². The van der Waals surface area contributed by atoms with Crippen LogP contribution in [0.4, 0.5) is 32.2 Å². The number of nitrogen functional groups attached to an aromatic ring is 1. The molecule has 0 spiro atoms. The van der Waals surface area contributed by atoms with E-state index in [0.717, 1.165) is 33.5 Å². The number of allylic oxidation sites excluding steroid dienone is 3. The number of fused-ring (bicyclic) bond motifs is 3. The maximum atomic E-state index is 13.4. The number of nitrogens with zero attached hydrogens (tertiary/aromatic N) is 4. The van der Waals surface area contributed by atoms with Crippen molar-refractivity contribution < 1.29 is 26.3 Å². The van der Waals surface area contributed by atoms with Gasteiger partial charge in [0.1, 0.15) is 11.5 Å². The number of nitrogens with one attached hydrogen (secondary N) is 1. The number of hydrogen-bond donors (Lipinski definition) is 2. The number of imidazole rings is 1. The Morgan fingerprint density at radius 1 is 1.03 bits per heavy atom. The standard InChI is InChI=1S/C23H15ClF6N6O/c1-35-16-10-32-15-5-4-11(12-8-14(22(25,26)27)19(31)33-9-12)7-13(15)18(16)36(20(35)37)21(24)6-2-3-17(34-21)23(28,29)30/h2-10,34H,1H3,(H2,31,33). The minimum absolute atomic E-state index is 0.0730. The number of dihydropyridines is 1. The molecule has 0 saturated carbocycles. The Labute approximate surface area is 208 Å². The maximum absolute atomic E-state index is 13.4. The van der Waals surface area contributed by atoms with Crippen LogP contribution in [0.25, 0.3) is 33.1 Å². The molecule has 3 aromatic heterocycles. The topological polar surface area (TPSA) is 90.8 Å². The highest BCUT2D eigenvalue weighted by Crippen LogP contribution is 2.38. The van der Waals surface area contributed by atoms with E-state index in [1.165, 1.54) is 37.5 Å². The number of rotatable bonds is 2. The third kappa shape index (κ3) is 3.99. The summed E-state index contributed by atoms with van der Waals surface area (Å²) in [5.74, 6) is -0.689. The van der Waals surface area contributed by atoms with Crippen LogP contribution in [0.15, 0.2) is 65.4 Å². The van der Waals surface area contributed by atoms with Crippen LogP contribution >= 0.6 is 11.6 Å². The molecule has 1 aliphatic rings. The molecule has 0 bridgehead atoms. The van der Waals surface area contributed by atoms with Gasteiger partial charge in [-0.2, -0.15) is 26.3 Å². The number of aryl methyl sites for hydroxylation is 1. The van der Waals surface area contributed by atoms with Gasteiger partial charge >= 0.3 is 18.0 Å². The third-order valence-corrected chi connectivity index (χ3v) is 6.35. The Balaban J connectivity index is 1.77. The van der Waals surface area contributed by atoms with Crippen LogP contribution in [-0.4, -0.2) is 25.3 Å². The number of halogens is 7. The molecule has 37 heavy (non-hydrogen) atoms. The molecule has 0 saturated heterocycles. The molecule has 7 nitrogen and oxygen atoms in total. The van der Waals surface area contributed by atoms with Crippen molar-refractivity contribution in [2.45, 2.75) is 17.5 Å². The number of benzene rings is 1. The minimum Gasteiger partial charge on any atom is -0.383 e. The summed E-state index contributed by atoms with van der Waals surface area (Å²) < 4.78 is 82.6. The number of alkyl halides is 7. The molecule has 0 amide bonds. The van der Waals surface area contributed by atoms with Crippen molar-refractivity contribution in [2.24, 2.45) is 7.05 Å². The molecule has 3 N–H and O–H groups in total. The quantitative estimate of drug-likeness (QED) is 0.212. The van der Waals surface area contributed by atoms with Crippen LogP contribution in [0.1, 0.15) is 5.56 Å². The van der Waals surface area contributed by atoms with Crippen LogP contribution in [0.5, 0.6) is 0 Å². The number of nitrogens with two attached hydrogens (primary N) is 1. The number of anilines is 1. The van der Waals surface area contributed by atoms with Gasteiger partial charge < -0.3 is 11.1 Å². The van der Waals surface area contributed by atoms with Crippen molar-refractivity contribution >= 4 is 39.4 Å². The first kappa shape index (κ1) is 24.7. The van der Waals surface area contributed by atoms with Crippen molar-refractivity contribution in [2.75, 3.05) is 5.73 Å². The zero-order valence-electron chi connectivity index (χ0n) is 18.6. The summed E-state index contributed by atoms with van der Waals surface area (Å²) in [6.45, 7) is 0. The zero-order valence-corrected chi connectivity index (χ0v) is 19.4. The first-order valence-corrected chi connectivity index (χ1v) is 10.9. The van der Waals surface area contributed by atoms with Gasteiger partial charge in [0.25, 0.3) is 0 Å². The summed E-state index contributed by atoms with van der Waals surface area (Å²) in [5, 5.41) is 0.283. The van der Waals surface area contributed by atoms with Gasteiger partial charge in [-0.25, -0.2) is 9.78 Å². The molecule has 1 unspecified atom stereocenters. The molecule has 0 fully saturated rings. The first-order chi connectivity index (χ1) is 17.2. The molecule has 192 valence electrons. The van der Waals surface area contributed by atoms with E-state index in [1.54, 1.807) is 0 Å². The minimum atomic E-state index is -4.77. The second-order valence-electron chi connectivity index (χ2n) is 8.29. The Bertz CT molecular complexity index is 1700. The SMILES string of the molecule is Cn1c(=O)n(C2(Cl)C=CC=C(C(F)(F)F)N2)c2c3cc(-c4cnc(N)c(C(F)(F)F)c4)ccc3ncc21. The fourth-order valence-corrected chi connectivity index (χ4v) is 4.51. The average molecular weight is 541 g/mol. The molecule has 5 rings (SSSR count). The molecular weight excluding hydrogens is 526 g/mol. The van der Waals surface area contributed by atoms with Gasteiger partial charge in [-0.05, 0) is 35.9 Å². The summed E-state index contributed by atoms with van der Waals surface area (Å²) in [6.07, 6.45) is -3.96. The molecule has 1 atom stereocenters. The highest BCUT2D eigenvalue weighted by molar-refractivity contribution is 6.24. The van der Waals surface area contributed by atoms with E-state index in [1.807, 2.05) is 0 Å². The predicted molar refractivity (Wildman–Crippen MR) is 125 cm³/mol. The lowest BCUT2D eigenvalue weighted by molar-refractivity contribution is -0.137. The van der Waals surface area contributed by atoms with Crippen molar-refractivity contribution in [1.82, 2.24) is 24.4 Å². The summed E-state index contributed by atoms with van der Waals surface area (Å²) in [7, 11) is 1.39. The van der Waals surface area contributed by atoms with Gasteiger partial charge in [0.15, 0.2) is 0 Å². The molecule has 0 radical (unpaired) electrons. The van der Waals surface area contributed by atoms with Crippen LogP contribution < -0.4 is 16.7 Å². The second-order valence-corrected chi connectivity index (χ2v) is 8.87. The molecule has 4 heterocycles. The van der Waals surface area contributed by atoms with Crippen molar-refractivity contribution in [3.63, 3.8) is 0 Å². The van der Waals surface area contributed by atoms with Crippen molar-refractivity contribution in [1.29, 1.82) is 0 Å². The second kappa shape index (κ2) is 8.00. The Morgan fingerprint density at radius 3 is 2.43 bits per heavy atom. The number of hydrogen-bond acceptors (Lipinski definition) is 5. The van der Waals surface area contributed by atoms with E-state index in [0.29, 0.717) is 5.52 Å². The van der Waals surface area contributed by atoms with E-state index in [-0.39, 0.29) is 27.5 Å². The molecule has 1 aliphatic heterocycles. The monoisotopic (exact) mass is 540 g/mol. The number of aromatic nitrogens is 4. The fourth-order valence-electron chi connectivity index (χ4n) is 4.18. The third-order valence-electron chi connectivity index (χ3n) is 5.96. The molecular formula is C23H15ClF6N6O. The smallest absolute Gasteiger partial charge is 0.383 e. The average Bonchev–Trinajstić information content (AvgIpc) is 3.09. The largest absolute Gasteiger partial charge is 0.431 e. The lowest BCUT2D eigenvalue weighted by Gasteiger charge is -2.31.